The van der Waals surface area contributed by atoms with Crippen LogP contribution in [0.25, 0.3) is 11.0 Å². The lowest BCUT2D eigenvalue weighted by atomic mass is 10.2. The lowest BCUT2D eigenvalue weighted by Gasteiger charge is -1.96. The van der Waals surface area contributed by atoms with E-state index in [1.165, 1.54) is 4.88 Å². The van der Waals surface area contributed by atoms with Crippen LogP contribution in [0.5, 0.6) is 0 Å². The van der Waals surface area contributed by atoms with Gasteiger partial charge in [-0.1, -0.05) is 6.92 Å². The van der Waals surface area contributed by atoms with Gasteiger partial charge in [-0.15, -0.1) is 11.3 Å². The lowest BCUT2D eigenvalue weighted by Crippen LogP contribution is -1.88. The molecule has 2 aromatic rings. The van der Waals surface area contributed by atoms with Gasteiger partial charge in [-0.2, -0.15) is 0 Å². The summed E-state index contributed by atoms with van der Waals surface area (Å²) < 4.78 is 2.05. The molecule has 0 amide bonds. The normalized spacial score (nSPS) is 12.3. The Bertz CT molecular complexity index is 563. The van der Waals surface area contributed by atoms with Crippen molar-refractivity contribution in [1.29, 1.82) is 0 Å². The van der Waals surface area contributed by atoms with Gasteiger partial charge in [0.1, 0.15) is 6.29 Å². The number of aromatic nitrogens is 2. The number of rotatable bonds is 3. The molecule has 0 N–H and O–H groups in total. The second-order valence-electron chi connectivity index (χ2n) is 3.77. The fraction of sp³-hybridized carbons (Fsp3) is 0.333. The van der Waals surface area contributed by atoms with Gasteiger partial charge >= 0.3 is 0 Å². The lowest BCUT2D eigenvalue weighted by molar-refractivity contribution is -0.104. The van der Waals surface area contributed by atoms with Gasteiger partial charge in [0.25, 0.3) is 0 Å². The van der Waals surface area contributed by atoms with E-state index in [2.05, 4.69) is 22.5 Å². The van der Waals surface area contributed by atoms with Crippen molar-refractivity contribution in [2.24, 2.45) is 0 Å². The smallest absolute Gasteiger partial charge is 0.194 e. The first-order valence-electron chi connectivity index (χ1n) is 5.26. The second kappa shape index (κ2) is 4.22. The van der Waals surface area contributed by atoms with Crippen LogP contribution < -0.4 is 0 Å². The number of hydrogen-bond acceptors (Lipinski definition) is 3. The van der Waals surface area contributed by atoms with Crippen LogP contribution in [0.4, 0.5) is 0 Å². The molecule has 0 spiro atoms. The number of carbonyl (C=O) groups is 1. The Morgan fingerprint density at radius 2 is 2.31 bits per heavy atom. The van der Waals surface area contributed by atoms with Crippen molar-refractivity contribution in [3.8, 4) is 0 Å². The maximum atomic E-state index is 10.8. The molecular weight excluding hydrogens is 220 g/mol. The number of nitrogens with zero attached hydrogens (tertiary/aromatic N) is 2. The van der Waals surface area contributed by atoms with Gasteiger partial charge in [-0.05, 0) is 31.9 Å². The summed E-state index contributed by atoms with van der Waals surface area (Å²) in [7, 11) is 0. The molecule has 0 radical (unpaired) electrons. The molecule has 2 heterocycles. The van der Waals surface area contributed by atoms with E-state index in [0.717, 1.165) is 34.6 Å². The minimum Gasteiger partial charge on any atom is -0.298 e. The van der Waals surface area contributed by atoms with Crippen LogP contribution in [0.3, 0.4) is 0 Å². The topological polar surface area (TPSA) is 34.4 Å². The van der Waals surface area contributed by atoms with Crippen LogP contribution in [0.2, 0.25) is 0 Å². The zero-order valence-corrected chi connectivity index (χ0v) is 10.5. The molecule has 0 aliphatic heterocycles. The third-order valence-electron chi connectivity index (χ3n) is 2.54. The number of thiazole rings is 1. The maximum absolute atomic E-state index is 10.8. The quantitative estimate of drug-likeness (QED) is 0.604. The van der Waals surface area contributed by atoms with E-state index in [0.29, 0.717) is 0 Å². The number of hydrogen-bond donors (Lipinski definition) is 0. The Hall–Kier alpha value is -1.42. The van der Waals surface area contributed by atoms with Crippen LogP contribution in [0.1, 0.15) is 29.6 Å². The van der Waals surface area contributed by atoms with Crippen LogP contribution in [0, 0.1) is 13.8 Å². The second-order valence-corrected chi connectivity index (χ2v) is 4.98. The average Bonchev–Trinajstić information content (AvgIpc) is 2.72. The van der Waals surface area contributed by atoms with Crippen molar-refractivity contribution in [2.45, 2.75) is 27.2 Å². The van der Waals surface area contributed by atoms with E-state index in [9.17, 15) is 4.79 Å². The molecule has 84 valence electrons. The number of imidazole rings is 1. The SMILES string of the molecule is CCC(C=O)=Cc1c(C)nc2sc(C)cn12. The molecule has 0 aliphatic carbocycles. The maximum Gasteiger partial charge on any atom is 0.194 e. The van der Waals surface area contributed by atoms with E-state index in [1.807, 2.05) is 19.9 Å². The van der Waals surface area contributed by atoms with Crippen molar-refractivity contribution in [3.05, 3.63) is 28.0 Å². The van der Waals surface area contributed by atoms with Crippen molar-refractivity contribution in [1.82, 2.24) is 9.38 Å². The number of allylic oxidation sites excluding steroid dienone is 1. The first kappa shape index (κ1) is 11.1. The Labute approximate surface area is 98.4 Å². The van der Waals surface area contributed by atoms with E-state index in [1.54, 1.807) is 11.3 Å². The highest BCUT2D eigenvalue weighted by Gasteiger charge is 2.09. The van der Waals surface area contributed by atoms with Gasteiger partial charge in [0, 0.05) is 11.1 Å². The van der Waals surface area contributed by atoms with E-state index < -0.39 is 0 Å². The highest BCUT2D eigenvalue weighted by atomic mass is 32.1. The van der Waals surface area contributed by atoms with E-state index in [-0.39, 0.29) is 0 Å². The van der Waals surface area contributed by atoms with Gasteiger partial charge in [0.05, 0.1) is 11.4 Å². The standard InChI is InChI=1S/C12H14N2OS/c1-4-10(7-15)5-11-9(3)13-12-14(11)6-8(2)16-12/h5-7H,4H2,1-3H3. The van der Waals surface area contributed by atoms with Gasteiger partial charge in [0.2, 0.25) is 0 Å². The molecule has 0 aliphatic rings. The molecule has 4 heteroatoms. The van der Waals surface area contributed by atoms with Crippen LogP contribution in [-0.4, -0.2) is 15.7 Å². The zero-order chi connectivity index (χ0) is 11.7. The van der Waals surface area contributed by atoms with E-state index >= 15 is 0 Å². The minimum atomic E-state index is 0.749. The first-order valence-corrected chi connectivity index (χ1v) is 6.08. The largest absolute Gasteiger partial charge is 0.298 e. The Morgan fingerprint density at radius 3 is 2.94 bits per heavy atom. The third-order valence-corrected chi connectivity index (χ3v) is 3.44. The van der Waals surface area contributed by atoms with Crippen molar-refractivity contribution >= 4 is 28.7 Å². The molecule has 3 nitrogen and oxygen atoms in total. The molecule has 0 atom stereocenters. The molecule has 16 heavy (non-hydrogen) atoms. The summed E-state index contributed by atoms with van der Waals surface area (Å²) in [6, 6.07) is 0. The van der Waals surface area contributed by atoms with Crippen LogP contribution in [0.15, 0.2) is 11.8 Å². The van der Waals surface area contributed by atoms with Crippen LogP contribution >= 0.6 is 11.3 Å². The minimum absolute atomic E-state index is 0.749. The molecule has 0 aromatic carbocycles. The number of carbonyl (C=O) groups excluding carboxylic acids is 1. The third kappa shape index (κ3) is 1.80. The number of fused-ring (bicyclic) bond motifs is 1. The Kier molecular flexibility index (Phi) is 2.92. The van der Waals surface area contributed by atoms with Gasteiger partial charge in [-0.3, -0.25) is 9.20 Å². The highest BCUT2D eigenvalue weighted by molar-refractivity contribution is 7.17. The van der Waals surface area contributed by atoms with Gasteiger partial charge in [-0.25, -0.2) is 4.98 Å². The van der Waals surface area contributed by atoms with Gasteiger partial charge < -0.3 is 0 Å². The number of aldehydes is 1. The summed E-state index contributed by atoms with van der Waals surface area (Å²) in [5.74, 6) is 0. The molecular formula is C12H14N2OS. The Balaban J connectivity index is 2.61. The summed E-state index contributed by atoms with van der Waals surface area (Å²) in [6.45, 7) is 6.01. The summed E-state index contributed by atoms with van der Waals surface area (Å²) >= 11 is 1.66. The molecule has 0 unspecified atom stereocenters. The summed E-state index contributed by atoms with van der Waals surface area (Å²) in [6.07, 6.45) is 5.65. The van der Waals surface area contributed by atoms with Crippen molar-refractivity contribution in [2.75, 3.05) is 0 Å². The van der Waals surface area contributed by atoms with E-state index in [4.69, 9.17) is 0 Å². The molecule has 0 bridgehead atoms. The fourth-order valence-electron chi connectivity index (χ4n) is 1.65. The van der Waals surface area contributed by atoms with Crippen molar-refractivity contribution in [3.63, 3.8) is 0 Å². The zero-order valence-electron chi connectivity index (χ0n) is 9.65. The summed E-state index contributed by atoms with van der Waals surface area (Å²) in [5.41, 5.74) is 2.79. The Morgan fingerprint density at radius 1 is 1.56 bits per heavy atom. The predicted octanol–water partition coefficient (Wildman–Crippen LogP) is 3.00. The average molecular weight is 234 g/mol. The molecule has 0 fully saturated rings. The monoisotopic (exact) mass is 234 g/mol. The van der Waals surface area contributed by atoms with Crippen molar-refractivity contribution < 1.29 is 4.79 Å². The fourth-order valence-corrected chi connectivity index (χ4v) is 2.53. The molecule has 0 saturated carbocycles. The van der Waals surface area contributed by atoms with Gasteiger partial charge in [0.15, 0.2) is 4.96 Å². The highest BCUT2D eigenvalue weighted by Crippen LogP contribution is 2.22. The summed E-state index contributed by atoms with van der Waals surface area (Å²) in [5, 5.41) is 0. The predicted molar refractivity (Wildman–Crippen MR) is 66.9 cm³/mol. The molecule has 2 aromatic heterocycles. The van der Waals surface area contributed by atoms with Crippen LogP contribution in [-0.2, 0) is 4.79 Å². The summed E-state index contributed by atoms with van der Waals surface area (Å²) in [4.78, 5) is 17.5. The molecule has 2 rings (SSSR count). The number of aryl methyl sites for hydroxylation is 2. The molecule has 0 saturated heterocycles. The first-order chi connectivity index (χ1) is 7.65.